The largest absolute Gasteiger partial charge is 0.463 e. The first-order valence-corrected chi connectivity index (χ1v) is 8.16. The molecule has 134 valence electrons. The number of benzene rings is 1. The van der Waals surface area contributed by atoms with Gasteiger partial charge in [-0.05, 0) is 44.2 Å². The predicted octanol–water partition coefficient (Wildman–Crippen LogP) is 3.96. The number of esters is 1. The Labute approximate surface area is 145 Å². The maximum atomic E-state index is 13.6. The number of allylic oxidation sites excluding steroid dienone is 1. The molecule has 0 saturated carbocycles. The van der Waals surface area contributed by atoms with Gasteiger partial charge in [0.05, 0.1) is 18.5 Å². The van der Waals surface area contributed by atoms with E-state index in [0.717, 1.165) is 11.8 Å². The minimum absolute atomic E-state index is 0.299. The lowest BCUT2D eigenvalue weighted by Crippen LogP contribution is -2.06. The summed E-state index contributed by atoms with van der Waals surface area (Å²) in [7, 11) is 0. The van der Waals surface area contributed by atoms with E-state index in [1.54, 1.807) is 25.4 Å². The Bertz CT molecular complexity index is 715. The standard InChI is InChI=1S/C18H21F2N3O2/c1-2-25-17(24)10-14(23-15-11-21-22-12-15)8-4-3-6-13-7-5-9-16(19)18(13)20/h5,7,9-12,23H,2-4,6,8H2,1H3,(H,21,22)/b14-10-. The smallest absolute Gasteiger partial charge is 0.332 e. The number of nitrogens with one attached hydrogen (secondary N) is 2. The summed E-state index contributed by atoms with van der Waals surface area (Å²) >= 11 is 0. The SMILES string of the molecule is CCOC(=O)/C=C(/CCCCc1cccc(F)c1F)Nc1cn[nH]c1. The fourth-order valence-corrected chi connectivity index (χ4v) is 2.37. The molecule has 25 heavy (non-hydrogen) atoms. The van der Waals surface area contributed by atoms with E-state index in [1.165, 1.54) is 12.1 Å². The minimum atomic E-state index is -0.831. The first-order chi connectivity index (χ1) is 12.1. The van der Waals surface area contributed by atoms with Gasteiger partial charge in [-0.15, -0.1) is 0 Å². The number of ether oxygens (including phenoxy) is 1. The summed E-state index contributed by atoms with van der Waals surface area (Å²) in [6.07, 6.45) is 7.03. The number of carbonyl (C=O) groups excluding carboxylic acids is 1. The van der Waals surface area contributed by atoms with E-state index in [0.29, 0.717) is 43.6 Å². The molecule has 7 heteroatoms. The highest BCUT2D eigenvalue weighted by molar-refractivity contribution is 5.83. The van der Waals surface area contributed by atoms with Crippen LogP contribution in [0.4, 0.5) is 14.5 Å². The van der Waals surface area contributed by atoms with E-state index in [2.05, 4.69) is 15.5 Å². The van der Waals surface area contributed by atoms with Crippen LogP contribution in [0, 0.1) is 11.6 Å². The van der Waals surface area contributed by atoms with Crippen LogP contribution in [-0.2, 0) is 16.0 Å². The van der Waals surface area contributed by atoms with E-state index >= 15 is 0 Å². The van der Waals surface area contributed by atoms with Crippen LogP contribution in [-0.4, -0.2) is 22.8 Å². The molecule has 2 rings (SSSR count). The Balaban J connectivity index is 1.90. The van der Waals surface area contributed by atoms with Crippen molar-refractivity contribution in [2.24, 2.45) is 0 Å². The van der Waals surface area contributed by atoms with Crippen molar-refractivity contribution >= 4 is 11.7 Å². The minimum Gasteiger partial charge on any atom is -0.463 e. The molecule has 0 aliphatic rings. The summed E-state index contributed by atoms with van der Waals surface area (Å²) in [6.45, 7) is 2.04. The van der Waals surface area contributed by atoms with Gasteiger partial charge in [0.1, 0.15) is 0 Å². The van der Waals surface area contributed by atoms with Crippen LogP contribution in [0.2, 0.25) is 0 Å². The molecule has 1 aromatic carbocycles. The summed E-state index contributed by atoms with van der Waals surface area (Å²) in [4.78, 5) is 11.7. The molecule has 0 amide bonds. The number of aromatic amines is 1. The molecule has 2 N–H and O–H groups in total. The first kappa shape index (κ1) is 18.6. The zero-order chi connectivity index (χ0) is 18.1. The van der Waals surface area contributed by atoms with Crippen molar-refractivity contribution in [1.29, 1.82) is 0 Å². The highest BCUT2D eigenvalue weighted by atomic mass is 19.2. The Morgan fingerprint density at radius 3 is 2.92 bits per heavy atom. The third-order valence-corrected chi connectivity index (χ3v) is 3.56. The molecule has 2 aromatic rings. The lowest BCUT2D eigenvalue weighted by Gasteiger charge is -2.10. The molecular formula is C18H21F2N3O2. The van der Waals surface area contributed by atoms with Crippen molar-refractivity contribution < 1.29 is 18.3 Å². The van der Waals surface area contributed by atoms with Crippen LogP contribution in [0.3, 0.4) is 0 Å². The van der Waals surface area contributed by atoms with E-state index in [4.69, 9.17) is 4.74 Å². The summed E-state index contributed by atoms with van der Waals surface area (Å²) < 4.78 is 31.7. The monoisotopic (exact) mass is 349 g/mol. The Hall–Kier alpha value is -2.70. The molecule has 0 spiro atoms. The van der Waals surface area contributed by atoms with Gasteiger partial charge in [0.25, 0.3) is 0 Å². The maximum Gasteiger partial charge on any atom is 0.332 e. The average molecular weight is 349 g/mol. The fraction of sp³-hybridized carbons (Fsp3) is 0.333. The molecule has 0 saturated heterocycles. The predicted molar refractivity (Wildman–Crippen MR) is 90.8 cm³/mol. The molecule has 0 aliphatic heterocycles. The van der Waals surface area contributed by atoms with Crippen molar-refractivity contribution in [2.45, 2.75) is 32.6 Å². The van der Waals surface area contributed by atoms with Crippen molar-refractivity contribution in [1.82, 2.24) is 10.2 Å². The van der Waals surface area contributed by atoms with E-state index in [-0.39, 0.29) is 0 Å². The quantitative estimate of drug-likeness (QED) is 0.408. The van der Waals surface area contributed by atoms with Crippen molar-refractivity contribution in [3.8, 4) is 0 Å². The number of nitrogens with zero attached hydrogens (tertiary/aromatic N) is 1. The molecule has 0 aliphatic carbocycles. The van der Waals surface area contributed by atoms with Crippen LogP contribution in [0.1, 0.15) is 31.7 Å². The highest BCUT2D eigenvalue weighted by Gasteiger charge is 2.08. The number of rotatable bonds is 9. The van der Waals surface area contributed by atoms with Gasteiger partial charge in [0.15, 0.2) is 11.6 Å². The zero-order valence-corrected chi connectivity index (χ0v) is 14.0. The van der Waals surface area contributed by atoms with Crippen LogP contribution in [0.25, 0.3) is 0 Å². The second-order valence-electron chi connectivity index (χ2n) is 5.45. The number of unbranched alkanes of at least 4 members (excludes halogenated alkanes) is 1. The molecule has 0 atom stereocenters. The zero-order valence-electron chi connectivity index (χ0n) is 14.0. The lowest BCUT2D eigenvalue weighted by molar-refractivity contribution is -0.137. The van der Waals surface area contributed by atoms with E-state index < -0.39 is 17.6 Å². The summed E-state index contributed by atoms with van der Waals surface area (Å²) in [5.74, 6) is -2.05. The van der Waals surface area contributed by atoms with Gasteiger partial charge < -0.3 is 10.1 Å². The molecule has 0 fully saturated rings. The van der Waals surface area contributed by atoms with E-state index in [1.807, 2.05) is 0 Å². The summed E-state index contributed by atoms with van der Waals surface area (Å²) in [5, 5.41) is 9.62. The maximum absolute atomic E-state index is 13.6. The fourth-order valence-electron chi connectivity index (χ4n) is 2.37. The van der Waals surface area contributed by atoms with Crippen LogP contribution in [0.5, 0.6) is 0 Å². The second-order valence-corrected chi connectivity index (χ2v) is 5.45. The topological polar surface area (TPSA) is 67.0 Å². The molecular weight excluding hydrogens is 328 g/mol. The second kappa shape index (κ2) is 9.56. The Kier molecular flexibility index (Phi) is 7.13. The number of halogens is 2. The van der Waals surface area contributed by atoms with Crippen molar-refractivity contribution in [2.75, 3.05) is 11.9 Å². The number of carbonyl (C=O) groups is 1. The average Bonchev–Trinajstić information content (AvgIpc) is 3.08. The van der Waals surface area contributed by atoms with Gasteiger partial charge in [-0.2, -0.15) is 5.10 Å². The third-order valence-electron chi connectivity index (χ3n) is 3.56. The Morgan fingerprint density at radius 2 is 2.20 bits per heavy atom. The number of H-pyrrole nitrogens is 1. The van der Waals surface area contributed by atoms with Crippen LogP contribution >= 0.6 is 0 Å². The summed E-state index contributed by atoms with van der Waals surface area (Å²) in [5.41, 5.74) is 1.77. The van der Waals surface area contributed by atoms with Crippen LogP contribution < -0.4 is 5.32 Å². The molecule has 0 radical (unpaired) electrons. The van der Waals surface area contributed by atoms with Gasteiger partial charge in [-0.3, -0.25) is 5.10 Å². The van der Waals surface area contributed by atoms with Crippen molar-refractivity contribution in [3.05, 3.63) is 59.6 Å². The molecule has 0 bridgehead atoms. The lowest BCUT2D eigenvalue weighted by atomic mass is 10.1. The molecule has 5 nitrogen and oxygen atoms in total. The number of hydrogen-bond donors (Lipinski definition) is 2. The van der Waals surface area contributed by atoms with Gasteiger partial charge in [-0.25, -0.2) is 13.6 Å². The van der Waals surface area contributed by atoms with Crippen molar-refractivity contribution in [3.63, 3.8) is 0 Å². The van der Waals surface area contributed by atoms with Gasteiger partial charge in [0.2, 0.25) is 0 Å². The van der Waals surface area contributed by atoms with Crippen LogP contribution in [0.15, 0.2) is 42.4 Å². The molecule has 1 aromatic heterocycles. The molecule has 0 unspecified atom stereocenters. The van der Waals surface area contributed by atoms with Gasteiger partial charge >= 0.3 is 5.97 Å². The Morgan fingerprint density at radius 1 is 1.36 bits per heavy atom. The number of aryl methyl sites for hydroxylation is 1. The number of hydrogen-bond acceptors (Lipinski definition) is 4. The molecule has 1 heterocycles. The highest BCUT2D eigenvalue weighted by Crippen LogP contribution is 2.17. The normalized spacial score (nSPS) is 11.4. The first-order valence-electron chi connectivity index (χ1n) is 8.16. The van der Waals surface area contributed by atoms with E-state index in [9.17, 15) is 13.6 Å². The number of aromatic nitrogens is 2. The third kappa shape index (κ3) is 6.02. The van der Waals surface area contributed by atoms with Gasteiger partial charge in [0, 0.05) is 18.0 Å². The number of anilines is 1. The van der Waals surface area contributed by atoms with Gasteiger partial charge in [-0.1, -0.05) is 12.1 Å². The summed E-state index contributed by atoms with van der Waals surface area (Å²) in [6, 6.07) is 4.19.